The number of benzene rings is 4. The molecular formula is C34H30F3N3O3. The van der Waals surface area contributed by atoms with E-state index in [1.54, 1.807) is 7.11 Å². The van der Waals surface area contributed by atoms with Crippen molar-refractivity contribution in [3.63, 3.8) is 0 Å². The zero-order valence-electron chi connectivity index (χ0n) is 23.6. The standard InChI is InChI=1S/C34H30F3N3O3/c1-42-32-12-5-4-11-31(32)27-9-6-8-25(21-27)22-29(41)10-3-2-7-24-13-15-26(16-14-24)33-38-23-40(39-33)28-17-19-30(20-18-28)43-34(35,36)37/h4-6,8-9,11-21,23H,2-3,7,10,22H2,1H3. The minimum atomic E-state index is -4.74. The average Bonchev–Trinajstić information content (AvgIpc) is 3.50. The van der Waals surface area contributed by atoms with Gasteiger partial charge in [-0.15, -0.1) is 18.3 Å². The molecule has 0 saturated heterocycles. The van der Waals surface area contributed by atoms with Crippen LogP contribution in [0.1, 0.15) is 30.4 Å². The molecule has 0 amide bonds. The van der Waals surface area contributed by atoms with Gasteiger partial charge in [0.05, 0.1) is 12.8 Å². The number of Topliss-reactive ketones (excluding diaryl/α,β-unsaturated/α-hetero) is 1. The van der Waals surface area contributed by atoms with Gasteiger partial charge >= 0.3 is 6.36 Å². The smallest absolute Gasteiger partial charge is 0.496 e. The molecule has 43 heavy (non-hydrogen) atoms. The summed E-state index contributed by atoms with van der Waals surface area (Å²) >= 11 is 0. The van der Waals surface area contributed by atoms with E-state index in [4.69, 9.17) is 4.74 Å². The second kappa shape index (κ2) is 13.4. The van der Waals surface area contributed by atoms with Crippen molar-refractivity contribution in [2.45, 2.75) is 38.5 Å². The minimum absolute atomic E-state index is 0.219. The highest BCUT2D eigenvalue weighted by Crippen LogP contribution is 2.30. The van der Waals surface area contributed by atoms with E-state index in [1.807, 2.05) is 66.7 Å². The van der Waals surface area contributed by atoms with Crippen molar-refractivity contribution in [3.8, 4) is 39.7 Å². The fraction of sp³-hybridized carbons (Fsp3) is 0.206. The Hall–Kier alpha value is -4.92. The van der Waals surface area contributed by atoms with E-state index in [0.717, 1.165) is 52.8 Å². The van der Waals surface area contributed by atoms with Crippen molar-refractivity contribution < 1.29 is 27.4 Å². The van der Waals surface area contributed by atoms with Gasteiger partial charge in [-0.05, 0) is 66.3 Å². The zero-order valence-corrected chi connectivity index (χ0v) is 23.6. The maximum atomic E-state index is 12.7. The Morgan fingerprint density at radius 1 is 0.837 bits per heavy atom. The summed E-state index contributed by atoms with van der Waals surface area (Å²) in [6, 6.07) is 29.2. The number of ether oxygens (including phenoxy) is 2. The predicted molar refractivity (Wildman–Crippen MR) is 158 cm³/mol. The highest BCUT2D eigenvalue weighted by molar-refractivity contribution is 5.81. The highest BCUT2D eigenvalue weighted by Gasteiger charge is 2.31. The van der Waals surface area contributed by atoms with Crippen molar-refractivity contribution in [3.05, 3.63) is 115 Å². The van der Waals surface area contributed by atoms with Crippen molar-refractivity contribution in [1.82, 2.24) is 14.8 Å². The summed E-state index contributed by atoms with van der Waals surface area (Å²) in [5, 5.41) is 4.44. The van der Waals surface area contributed by atoms with Gasteiger partial charge in [-0.2, -0.15) is 0 Å². The first-order chi connectivity index (χ1) is 20.8. The SMILES string of the molecule is COc1ccccc1-c1cccc(CC(=O)CCCCc2ccc(-c3ncn(-c4ccc(OC(F)(F)F)cc4)n3)cc2)c1. The number of methoxy groups -OCH3 is 1. The van der Waals surface area contributed by atoms with E-state index in [1.165, 1.54) is 35.3 Å². The Morgan fingerprint density at radius 2 is 1.60 bits per heavy atom. The van der Waals surface area contributed by atoms with Gasteiger partial charge in [-0.1, -0.05) is 66.7 Å². The van der Waals surface area contributed by atoms with E-state index in [0.29, 0.717) is 24.4 Å². The minimum Gasteiger partial charge on any atom is -0.496 e. The molecule has 4 aromatic carbocycles. The van der Waals surface area contributed by atoms with Gasteiger partial charge in [0, 0.05) is 24.0 Å². The maximum absolute atomic E-state index is 12.7. The van der Waals surface area contributed by atoms with Gasteiger partial charge < -0.3 is 9.47 Å². The number of halogens is 3. The molecule has 0 bridgehead atoms. The first-order valence-electron chi connectivity index (χ1n) is 13.9. The number of unbranched alkanes of at least 4 members (excludes halogenated alkanes) is 1. The summed E-state index contributed by atoms with van der Waals surface area (Å²) in [5.74, 6) is 1.22. The molecule has 220 valence electrons. The van der Waals surface area contributed by atoms with Gasteiger partial charge in [-0.25, -0.2) is 9.67 Å². The number of aryl methyl sites for hydroxylation is 1. The molecule has 1 aromatic heterocycles. The Morgan fingerprint density at radius 3 is 2.35 bits per heavy atom. The number of para-hydroxylation sites is 1. The van der Waals surface area contributed by atoms with Crippen LogP contribution >= 0.6 is 0 Å². The van der Waals surface area contributed by atoms with Crippen LogP contribution in [0.3, 0.4) is 0 Å². The second-order valence-corrected chi connectivity index (χ2v) is 10.1. The predicted octanol–water partition coefficient (Wildman–Crippen LogP) is 8.03. The van der Waals surface area contributed by atoms with Crippen LogP contribution in [0.25, 0.3) is 28.2 Å². The molecule has 0 radical (unpaired) electrons. The van der Waals surface area contributed by atoms with Gasteiger partial charge in [0.25, 0.3) is 0 Å². The van der Waals surface area contributed by atoms with Crippen LogP contribution in [0, 0.1) is 0 Å². The van der Waals surface area contributed by atoms with Crippen molar-refractivity contribution in [2.75, 3.05) is 7.11 Å². The summed E-state index contributed by atoms with van der Waals surface area (Å²) in [5.41, 5.74) is 5.56. The fourth-order valence-electron chi connectivity index (χ4n) is 4.84. The molecule has 0 fully saturated rings. The molecule has 0 aliphatic carbocycles. The quantitative estimate of drug-likeness (QED) is 0.139. The highest BCUT2D eigenvalue weighted by atomic mass is 19.4. The molecule has 0 aliphatic heterocycles. The van der Waals surface area contributed by atoms with Crippen LogP contribution in [0.2, 0.25) is 0 Å². The van der Waals surface area contributed by atoms with Gasteiger partial charge in [0.2, 0.25) is 0 Å². The number of carbonyl (C=O) groups excluding carboxylic acids is 1. The van der Waals surface area contributed by atoms with Crippen LogP contribution in [-0.4, -0.2) is 34.0 Å². The van der Waals surface area contributed by atoms with Crippen molar-refractivity contribution >= 4 is 5.78 Å². The largest absolute Gasteiger partial charge is 0.573 e. The van der Waals surface area contributed by atoms with Crippen molar-refractivity contribution in [2.24, 2.45) is 0 Å². The molecule has 6 nitrogen and oxygen atoms in total. The summed E-state index contributed by atoms with van der Waals surface area (Å²) in [7, 11) is 1.65. The lowest BCUT2D eigenvalue weighted by Crippen LogP contribution is -2.17. The van der Waals surface area contributed by atoms with E-state index >= 15 is 0 Å². The topological polar surface area (TPSA) is 66.2 Å². The third-order valence-corrected chi connectivity index (χ3v) is 6.96. The Balaban J connectivity index is 1.09. The van der Waals surface area contributed by atoms with E-state index < -0.39 is 6.36 Å². The number of carbonyl (C=O) groups is 1. The molecule has 0 N–H and O–H groups in total. The van der Waals surface area contributed by atoms with E-state index in [2.05, 4.69) is 20.9 Å². The molecule has 0 unspecified atom stereocenters. The molecule has 9 heteroatoms. The number of hydrogen-bond donors (Lipinski definition) is 0. The summed E-state index contributed by atoms with van der Waals surface area (Å²) in [6.07, 6.45) is 0.264. The number of alkyl halides is 3. The molecule has 5 rings (SSSR count). The molecular weight excluding hydrogens is 555 g/mol. The number of hydrogen-bond acceptors (Lipinski definition) is 5. The van der Waals surface area contributed by atoms with E-state index in [-0.39, 0.29) is 11.5 Å². The van der Waals surface area contributed by atoms with Crippen LogP contribution in [0.15, 0.2) is 103 Å². The number of aromatic nitrogens is 3. The second-order valence-electron chi connectivity index (χ2n) is 10.1. The third-order valence-electron chi connectivity index (χ3n) is 6.96. The monoisotopic (exact) mass is 585 g/mol. The Kier molecular flexibility index (Phi) is 9.20. The normalized spacial score (nSPS) is 11.3. The van der Waals surface area contributed by atoms with Crippen LogP contribution < -0.4 is 9.47 Å². The Bertz CT molecular complexity index is 1660. The van der Waals surface area contributed by atoms with Gasteiger partial charge in [-0.3, -0.25) is 4.79 Å². The molecule has 0 spiro atoms. The first kappa shape index (κ1) is 29.6. The fourth-order valence-corrected chi connectivity index (χ4v) is 4.84. The van der Waals surface area contributed by atoms with Crippen LogP contribution in [0.4, 0.5) is 13.2 Å². The summed E-state index contributed by atoms with van der Waals surface area (Å²) < 4.78 is 48.0. The third kappa shape index (κ3) is 8.09. The average molecular weight is 586 g/mol. The molecule has 1 heterocycles. The number of rotatable bonds is 12. The van der Waals surface area contributed by atoms with Gasteiger partial charge in [0.1, 0.15) is 23.6 Å². The molecule has 0 atom stereocenters. The lowest BCUT2D eigenvalue weighted by Gasteiger charge is -2.10. The molecule has 0 aliphatic rings. The summed E-state index contributed by atoms with van der Waals surface area (Å²) in [4.78, 5) is 17.0. The lowest BCUT2D eigenvalue weighted by molar-refractivity contribution is -0.274. The van der Waals surface area contributed by atoms with Crippen LogP contribution in [0.5, 0.6) is 11.5 Å². The molecule has 0 saturated carbocycles. The summed E-state index contributed by atoms with van der Waals surface area (Å²) in [6.45, 7) is 0. The Labute approximate surface area is 247 Å². The van der Waals surface area contributed by atoms with E-state index in [9.17, 15) is 18.0 Å². The van der Waals surface area contributed by atoms with Crippen LogP contribution in [-0.2, 0) is 17.6 Å². The number of nitrogens with zero attached hydrogens (tertiary/aromatic N) is 3. The lowest BCUT2D eigenvalue weighted by atomic mass is 9.98. The van der Waals surface area contributed by atoms with Crippen molar-refractivity contribution in [1.29, 1.82) is 0 Å². The van der Waals surface area contributed by atoms with Gasteiger partial charge in [0.15, 0.2) is 5.82 Å². The molecule has 5 aromatic rings. The zero-order chi connectivity index (χ0) is 30.2. The number of ketones is 1. The first-order valence-corrected chi connectivity index (χ1v) is 13.9. The maximum Gasteiger partial charge on any atom is 0.573 e.